The second kappa shape index (κ2) is 45.6. The minimum Gasteiger partial charge on any atom is -0.493 e. The second-order valence-electron chi connectivity index (χ2n) is 28.4. The molecular weight excluding hydrogens is 1430 g/mol. The van der Waals surface area contributed by atoms with Crippen molar-refractivity contribution >= 4 is 11.9 Å². The van der Waals surface area contributed by atoms with Crippen LogP contribution >= 0.6 is 0 Å². The molecule has 0 N–H and O–H groups in total. The fraction of sp³-hybridized carbons (Fsp3) is 0.354. The molecule has 12 rings (SSSR count). The van der Waals surface area contributed by atoms with Gasteiger partial charge in [-0.3, -0.25) is 0 Å². The molecule has 0 radical (unpaired) electrons. The quantitative estimate of drug-likeness (QED) is 0.0260. The Hall–Kier alpha value is -10.0. The lowest BCUT2D eigenvalue weighted by Gasteiger charge is -2.49. The molecule has 0 aliphatic carbocycles. The molecule has 2 fully saturated rings. The summed E-state index contributed by atoms with van der Waals surface area (Å²) in [6.45, 7) is 5.47. The third-order valence-corrected chi connectivity index (χ3v) is 19.8. The Kier molecular flexibility index (Phi) is 33.3. The Morgan fingerprint density at radius 1 is 0.283 bits per heavy atom. The molecule has 17 nitrogen and oxygen atoms in total. The smallest absolute Gasteiger partial charge is 0.342 e. The van der Waals surface area contributed by atoms with E-state index in [-0.39, 0.29) is 88.7 Å². The second-order valence-corrected chi connectivity index (χ2v) is 28.4. The summed E-state index contributed by atoms with van der Waals surface area (Å²) in [7, 11) is 0. The maximum Gasteiger partial charge on any atom is 0.342 e. The number of carbonyl (C=O) groups is 2. The van der Waals surface area contributed by atoms with Gasteiger partial charge in [-0.2, -0.15) is 0 Å². The Morgan fingerprint density at radius 2 is 0.549 bits per heavy atom. The van der Waals surface area contributed by atoms with Crippen molar-refractivity contribution in [3.8, 4) is 23.0 Å². The molecule has 592 valence electrons. The van der Waals surface area contributed by atoms with Crippen LogP contribution in [0.5, 0.6) is 23.0 Å². The average molecular weight is 1530 g/mol. The van der Waals surface area contributed by atoms with E-state index in [4.69, 9.17) is 71.1 Å². The molecule has 2 aliphatic rings. The fourth-order valence-electron chi connectivity index (χ4n) is 13.6. The number of hydrogen-bond donors (Lipinski definition) is 0. The van der Waals surface area contributed by atoms with Crippen LogP contribution in [0.2, 0.25) is 0 Å². The van der Waals surface area contributed by atoms with Crippen LogP contribution in [0.15, 0.2) is 279 Å². The maximum absolute atomic E-state index is 15.2. The zero-order valence-corrected chi connectivity index (χ0v) is 64.8. The largest absolute Gasteiger partial charge is 0.493 e. The Labute approximate surface area is 665 Å². The van der Waals surface area contributed by atoms with E-state index in [0.29, 0.717) is 24.7 Å². The van der Waals surface area contributed by atoms with E-state index < -0.39 is 73.4 Å². The highest BCUT2D eigenvalue weighted by atomic mass is 16.8. The zero-order valence-electron chi connectivity index (χ0n) is 64.8. The molecule has 0 unspecified atom stereocenters. The summed E-state index contributed by atoms with van der Waals surface area (Å²) < 4.78 is 104. The Balaban J connectivity index is 0.934. The van der Waals surface area contributed by atoms with Gasteiger partial charge in [0.2, 0.25) is 0 Å². The van der Waals surface area contributed by atoms with Crippen LogP contribution < -0.4 is 18.9 Å². The van der Waals surface area contributed by atoms with Crippen molar-refractivity contribution in [2.75, 3.05) is 26.4 Å². The molecule has 0 amide bonds. The van der Waals surface area contributed by atoms with E-state index in [1.807, 2.05) is 243 Å². The van der Waals surface area contributed by atoms with Gasteiger partial charge >= 0.3 is 11.9 Å². The van der Waals surface area contributed by atoms with E-state index in [9.17, 15) is 0 Å². The summed E-state index contributed by atoms with van der Waals surface area (Å²) >= 11 is 0. The van der Waals surface area contributed by atoms with Crippen LogP contribution in [0.4, 0.5) is 0 Å². The van der Waals surface area contributed by atoms with Crippen molar-refractivity contribution < 1.29 is 80.6 Å². The predicted octanol–water partition coefficient (Wildman–Crippen LogP) is 19.5. The van der Waals surface area contributed by atoms with Gasteiger partial charge in [-0.05, 0) is 81.6 Å². The standard InChI is InChI=1S/C96H106O17/c1-3-5-7-9-35-57-99-79-53-55-81(83(59-79)101-61-71-37-19-11-20-38-71)93(97)109-69-85-87(103-63-73-41-23-13-24-42-73)89(105-65-75-45-27-15-28-46-75)91(107-67-77-49-31-17-32-50-77)95(111-85)113-96-92(108-68-78-51-33-18-34-52-78)90(106-66-76-47-29-16-30-48-76)88(104-64-74-43-25-14-26-44-74)86(112-96)70-110-94(98)82-56-54-80(100-58-36-10-8-6-4-2)60-84(82)102-62-72-39-21-12-22-40-72/h11-34,37-56,59-60,85-92,95-96H,3-10,35-36,57-58,61-70H2,1-2H3/t85-,86-,87-,88-,89+,90+,91-,92-,95-,96-/m1/s1. The maximum atomic E-state index is 15.2. The molecule has 10 aromatic rings. The highest BCUT2D eigenvalue weighted by Gasteiger charge is 2.55. The normalized spacial score (nSPS) is 19.4. The minimum atomic E-state index is -1.45. The van der Waals surface area contributed by atoms with Gasteiger partial charge in [0.25, 0.3) is 0 Å². The first-order valence-corrected chi connectivity index (χ1v) is 39.9. The van der Waals surface area contributed by atoms with E-state index in [2.05, 4.69) is 13.8 Å². The molecule has 0 aromatic heterocycles. The number of esters is 2. The molecule has 10 aromatic carbocycles. The number of rotatable bonds is 46. The summed E-state index contributed by atoms with van der Waals surface area (Å²) in [5, 5.41) is 0. The highest BCUT2D eigenvalue weighted by Crippen LogP contribution is 2.39. The summed E-state index contributed by atoms with van der Waals surface area (Å²) in [6.07, 6.45) is -0.880. The van der Waals surface area contributed by atoms with Gasteiger partial charge in [-0.25, -0.2) is 9.59 Å². The first kappa shape index (κ1) is 82.4. The number of benzene rings is 10. The van der Waals surface area contributed by atoms with Gasteiger partial charge < -0.3 is 71.1 Å². The summed E-state index contributed by atoms with van der Waals surface area (Å²) in [5.41, 5.74) is 7.30. The third kappa shape index (κ3) is 26.0. The van der Waals surface area contributed by atoms with Crippen LogP contribution in [0.1, 0.15) is 143 Å². The monoisotopic (exact) mass is 1530 g/mol. The van der Waals surface area contributed by atoms with Crippen LogP contribution in [0.25, 0.3) is 0 Å². The van der Waals surface area contributed by atoms with Crippen LogP contribution in [-0.4, -0.2) is 99.8 Å². The highest BCUT2D eigenvalue weighted by molar-refractivity contribution is 5.93. The van der Waals surface area contributed by atoms with E-state index in [1.54, 1.807) is 36.4 Å². The minimum absolute atomic E-state index is 0.0642. The van der Waals surface area contributed by atoms with Crippen molar-refractivity contribution in [1.29, 1.82) is 0 Å². The molecule has 2 aliphatic heterocycles. The molecule has 0 bridgehead atoms. The Bertz CT molecular complexity index is 4040. The molecule has 17 heteroatoms. The van der Waals surface area contributed by atoms with Crippen molar-refractivity contribution in [3.63, 3.8) is 0 Å². The average Bonchev–Trinajstić information content (AvgIpc) is 0.764. The molecule has 113 heavy (non-hydrogen) atoms. The lowest BCUT2D eigenvalue weighted by Crippen LogP contribution is -2.66. The Morgan fingerprint density at radius 3 is 0.841 bits per heavy atom. The van der Waals surface area contributed by atoms with Crippen LogP contribution in [0.3, 0.4) is 0 Å². The van der Waals surface area contributed by atoms with Crippen molar-refractivity contribution in [2.24, 2.45) is 0 Å². The van der Waals surface area contributed by atoms with Crippen LogP contribution in [0, 0.1) is 0 Å². The first-order valence-electron chi connectivity index (χ1n) is 39.9. The molecular formula is C96H106O17. The van der Waals surface area contributed by atoms with Gasteiger partial charge in [0, 0.05) is 12.1 Å². The topological polar surface area (TPSA) is 173 Å². The van der Waals surface area contributed by atoms with Gasteiger partial charge in [0.1, 0.15) is 109 Å². The fourth-order valence-corrected chi connectivity index (χ4v) is 13.6. The SMILES string of the molecule is CCCCCCCOc1ccc(C(=O)OC[C@H]2O[C@H](O[C@H]3O[C@H](COC(=O)c4ccc(OCCCCCCC)cc4OCc4ccccc4)[C@@H](OCc4ccccc4)[C@H](OCc4ccccc4)[C@H]3OCc3ccccc3)[C@H](OCc3ccccc3)[C@@H](OCc3ccccc3)[C@@H]2OCc2ccccc2)c(OCc2ccccc2)c1. The number of carbonyl (C=O) groups excluding carboxylic acids is 2. The lowest BCUT2D eigenvalue weighted by molar-refractivity contribution is -0.393. The number of ether oxygens (including phenoxy) is 15. The molecule has 2 heterocycles. The molecule has 0 saturated carbocycles. The summed E-state index contributed by atoms with van der Waals surface area (Å²) in [5.74, 6) is 0.277. The molecule has 0 spiro atoms. The van der Waals surface area contributed by atoms with E-state index >= 15 is 9.59 Å². The number of hydrogen-bond acceptors (Lipinski definition) is 17. The van der Waals surface area contributed by atoms with Gasteiger partial charge in [0.15, 0.2) is 12.6 Å². The van der Waals surface area contributed by atoms with E-state index in [1.165, 1.54) is 0 Å². The van der Waals surface area contributed by atoms with Crippen LogP contribution in [-0.2, 0) is 105 Å². The summed E-state index contributed by atoms with van der Waals surface area (Å²) in [4.78, 5) is 30.4. The molecule has 2 saturated heterocycles. The van der Waals surface area contributed by atoms with Gasteiger partial charge in [-0.1, -0.05) is 308 Å². The molecule has 10 atom stereocenters. The van der Waals surface area contributed by atoms with E-state index in [0.717, 1.165) is 109 Å². The lowest BCUT2D eigenvalue weighted by atomic mass is 9.96. The number of unbranched alkanes of at least 4 members (excludes halogenated alkanes) is 8. The van der Waals surface area contributed by atoms with Gasteiger partial charge in [-0.15, -0.1) is 0 Å². The van der Waals surface area contributed by atoms with Crippen molar-refractivity contribution in [3.05, 3.63) is 335 Å². The van der Waals surface area contributed by atoms with Crippen molar-refractivity contribution in [2.45, 2.75) is 192 Å². The third-order valence-electron chi connectivity index (χ3n) is 19.8. The predicted molar refractivity (Wildman–Crippen MR) is 432 cm³/mol. The zero-order chi connectivity index (χ0) is 77.7. The first-order chi connectivity index (χ1) is 55.8. The van der Waals surface area contributed by atoms with Crippen molar-refractivity contribution in [1.82, 2.24) is 0 Å². The summed E-state index contributed by atoms with van der Waals surface area (Å²) in [6, 6.07) is 88.6. The van der Waals surface area contributed by atoms with Gasteiger partial charge in [0.05, 0.1) is 52.9 Å².